The lowest BCUT2D eigenvalue weighted by atomic mass is 9.79. The van der Waals surface area contributed by atoms with Gasteiger partial charge in [0.2, 0.25) is 0 Å². The molecule has 3 N–H and O–H groups in total. The third kappa shape index (κ3) is 3.45. The molecule has 1 unspecified atom stereocenters. The number of hydrogen-bond acceptors (Lipinski definition) is 3. The van der Waals surface area contributed by atoms with Gasteiger partial charge in [0.15, 0.2) is 0 Å². The minimum atomic E-state index is 0.183. The van der Waals surface area contributed by atoms with Gasteiger partial charge in [0.05, 0.1) is 0 Å². The van der Waals surface area contributed by atoms with Crippen LogP contribution in [0.5, 0.6) is 0 Å². The lowest BCUT2D eigenvalue weighted by Gasteiger charge is -2.45. The number of likely N-dealkylation sites (N-methyl/N-ethyl adjacent to an activating group) is 1. The Morgan fingerprint density at radius 2 is 1.88 bits per heavy atom. The van der Waals surface area contributed by atoms with Crippen molar-refractivity contribution in [1.29, 1.82) is 0 Å². The van der Waals surface area contributed by atoms with Crippen LogP contribution in [0.1, 0.15) is 51.4 Å². The van der Waals surface area contributed by atoms with Gasteiger partial charge >= 0.3 is 0 Å². The fourth-order valence-electron chi connectivity index (χ4n) is 3.18. The molecule has 1 fully saturated rings. The summed E-state index contributed by atoms with van der Waals surface area (Å²) in [6.45, 7) is 0. The van der Waals surface area contributed by atoms with Crippen LogP contribution in [-0.2, 0) is 0 Å². The zero-order valence-electron chi connectivity index (χ0n) is 11.3. The normalized spacial score (nSPS) is 21.8. The van der Waals surface area contributed by atoms with E-state index in [0.717, 1.165) is 12.8 Å². The second-order valence-electron chi connectivity index (χ2n) is 5.37. The Bertz CT molecular complexity index is 247. The molecule has 98 valence electrons. The van der Waals surface area contributed by atoms with E-state index in [0.29, 0.717) is 6.04 Å². The average Bonchev–Trinajstić information content (AvgIpc) is 2.57. The Morgan fingerprint density at radius 1 is 1.29 bits per heavy atom. The number of nitrogens with one attached hydrogen (secondary N) is 1. The van der Waals surface area contributed by atoms with Crippen LogP contribution >= 0.6 is 0 Å². The highest BCUT2D eigenvalue weighted by atomic mass is 15.3. The Morgan fingerprint density at radius 3 is 2.29 bits per heavy atom. The number of nitrogens with two attached hydrogens (primary N) is 1. The van der Waals surface area contributed by atoms with Crippen LogP contribution in [0, 0.1) is 12.3 Å². The Hall–Kier alpha value is -0.560. The Balaban J connectivity index is 2.82. The minimum Gasteiger partial charge on any atom is -0.302 e. The van der Waals surface area contributed by atoms with Crippen LogP contribution in [0.2, 0.25) is 0 Å². The lowest BCUT2D eigenvalue weighted by molar-refractivity contribution is 0.0769. The smallest absolute Gasteiger partial charge is 0.0403 e. The molecule has 0 aromatic heterocycles. The molecule has 0 spiro atoms. The van der Waals surface area contributed by atoms with Gasteiger partial charge in [0, 0.05) is 18.0 Å². The summed E-state index contributed by atoms with van der Waals surface area (Å²) in [6, 6.07) is 0.298. The SMILES string of the molecule is C#CCCC(NN)C1(N(C)C)CCCCCC1. The Kier molecular flexibility index (Phi) is 5.97. The quantitative estimate of drug-likeness (QED) is 0.332. The van der Waals surface area contributed by atoms with Crippen LogP contribution in [0.25, 0.3) is 0 Å². The molecular weight excluding hydrogens is 210 g/mol. The number of rotatable bonds is 5. The van der Waals surface area contributed by atoms with Crippen molar-refractivity contribution in [3.05, 3.63) is 0 Å². The van der Waals surface area contributed by atoms with Crippen molar-refractivity contribution in [2.75, 3.05) is 14.1 Å². The first-order chi connectivity index (χ1) is 8.17. The molecule has 1 aliphatic carbocycles. The number of hydrazine groups is 1. The molecule has 0 aromatic rings. The molecule has 1 atom stereocenters. The van der Waals surface area contributed by atoms with Crippen LogP contribution in [0.4, 0.5) is 0 Å². The van der Waals surface area contributed by atoms with Crippen molar-refractivity contribution in [3.8, 4) is 12.3 Å². The van der Waals surface area contributed by atoms with Crippen LogP contribution in [0.3, 0.4) is 0 Å². The number of nitrogens with zero attached hydrogens (tertiary/aromatic N) is 1. The largest absolute Gasteiger partial charge is 0.302 e. The molecule has 1 aliphatic rings. The number of terminal acetylenes is 1. The monoisotopic (exact) mass is 237 g/mol. The zero-order chi connectivity index (χ0) is 12.7. The van der Waals surface area contributed by atoms with Gasteiger partial charge in [-0.1, -0.05) is 25.7 Å². The van der Waals surface area contributed by atoms with Gasteiger partial charge in [-0.2, -0.15) is 0 Å². The van der Waals surface area contributed by atoms with Gasteiger partial charge in [-0.3, -0.25) is 11.3 Å². The molecule has 1 rings (SSSR count). The van der Waals surface area contributed by atoms with E-state index in [1.807, 2.05) is 0 Å². The van der Waals surface area contributed by atoms with E-state index in [1.165, 1.54) is 38.5 Å². The van der Waals surface area contributed by atoms with E-state index in [-0.39, 0.29) is 5.54 Å². The van der Waals surface area contributed by atoms with Gasteiger partial charge in [-0.05, 0) is 33.4 Å². The molecular formula is C14H27N3. The minimum absolute atomic E-state index is 0.183. The molecule has 0 heterocycles. The first-order valence-corrected chi connectivity index (χ1v) is 6.74. The van der Waals surface area contributed by atoms with Gasteiger partial charge in [0.25, 0.3) is 0 Å². The highest BCUT2D eigenvalue weighted by Gasteiger charge is 2.39. The molecule has 0 aromatic carbocycles. The fraction of sp³-hybridized carbons (Fsp3) is 0.857. The third-order valence-corrected chi connectivity index (χ3v) is 4.29. The maximum absolute atomic E-state index is 5.77. The summed E-state index contributed by atoms with van der Waals surface area (Å²) in [4.78, 5) is 2.36. The highest BCUT2D eigenvalue weighted by Crippen LogP contribution is 2.35. The van der Waals surface area contributed by atoms with Crippen molar-refractivity contribution in [1.82, 2.24) is 10.3 Å². The zero-order valence-corrected chi connectivity index (χ0v) is 11.3. The predicted octanol–water partition coefficient (Wildman–Crippen LogP) is 1.89. The van der Waals surface area contributed by atoms with E-state index >= 15 is 0 Å². The summed E-state index contributed by atoms with van der Waals surface area (Å²) in [5.41, 5.74) is 3.20. The maximum Gasteiger partial charge on any atom is 0.0403 e. The van der Waals surface area contributed by atoms with Gasteiger partial charge < -0.3 is 4.90 Å². The molecule has 0 aliphatic heterocycles. The molecule has 17 heavy (non-hydrogen) atoms. The molecule has 0 bridgehead atoms. The van der Waals surface area contributed by atoms with E-state index in [9.17, 15) is 0 Å². The molecule has 3 heteroatoms. The number of hydrogen-bond donors (Lipinski definition) is 2. The van der Waals surface area contributed by atoms with E-state index in [4.69, 9.17) is 12.3 Å². The summed E-state index contributed by atoms with van der Waals surface area (Å²) in [5, 5.41) is 0. The summed E-state index contributed by atoms with van der Waals surface area (Å²) >= 11 is 0. The first kappa shape index (κ1) is 14.5. The second-order valence-corrected chi connectivity index (χ2v) is 5.37. The lowest BCUT2D eigenvalue weighted by Crippen LogP contribution is -2.60. The van der Waals surface area contributed by atoms with Crippen LogP contribution in [-0.4, -0.2) is 30.6 Å². The van der Waals surface area contributed by atoms with E-state index in [1.54, 1.807) is 0 Å². The molecule has 1 saturated carbocycles. The summed E-state index contributed by atoms with van der Waals surface area (Å²) in [7, 11) is 4.34. The van der Waals surface area contributed by atoms with Crippen LogP contribution < -0.4 is 11.3 Å². The van der Waals surface area contributed by atoms with Gasteiger partial charge in [0.1, 0.15) is 0 Å². The van der Waals surface area contributed by atoms with Crippen molar-refractivity contribution in [2.45, 2.75) is 62.9 Å². The van der Waals surface area contributed by atoms with Crippen molar-refractivity contribution in [2.24, 2.45) is 5.84 Å². The predicted molar refractivity (Wildman–Crippen MR) is 73.3 cm³/mol. The van der Waals surface area contributed by atoms with Crippen molar-refractivity contribution in [3.63, 3.8) is 0 Å². The summed E-state index contributed by atoms with van der Waals surface area (Å²) in [6.07, 6.45) is 14.9. The Labute approximate surface area is 106 Å². The van der Waals surface area contributed by atoms with Crippen molar-refractivity contribution >= 4 is 0 Å². The summed E-state index contributed by atoms with van der Waals surface area (Å²) in [5.74, 6) is 8.50. The van der Waals surface area contributed by atoms with Gasteiger partial charge in [-0.25, -0.2) is 0 Å². The maximum atomic E-state index is 5.77. The molecule has 0 radical (unpaired) electrons. The van der Waals surface area contributed by atoms with Crippen LogP contribution in [0.15, 0.2) is 0 Å². The topological polar surface area (TPSA) is 41.3 Å². The van der Waals surface area contributed by atoms with Gasteiger partial charge in [-0.15, -0.1) is 12.3 Å². The first-order valence-electron chi connectivity index (χ1n) is 6.74. The van der Waals surface area contributed by atoms with E-state index < -0.39 is 0 Å². The molecule has 0 amide bonds. The van der Waals surface area contributed by atoms with E-state index in [2.05, 4.69) is 30.3 Å². The summed E-state index contributed by atoms with van der Waals surface area (Å²) < 4.78 is 0. The second kappa shape index (κ2) is 7.00. The highest BCUT2D eigenvalue weighted by molar-refractivity contribution is 5.00. The standard InChI is InChI=1S/C14H27N3/c1-4-5-10-13(16-15)14(17(2)3)11-8-6-7-9-12-14/h1,13,16H,5-12,15H2,2-3H3. The molecule has 0 saturated heterocycles. The average molecular weight is 237 g/mol. The third-order valence-electron chi connectivity index (χ3n) is 4.29. The van der Waals surface area contributed by atoms with Crippen molar-refractivity contribution < 1.29 is 0 Å². The fourth-order valence-corrected chi connectivity index (χ4v) is 3.18. The molecule has 3 nitrogen and oxygen atoms in total.